The van der Waals surface area contributed by atoms with Gasteiger partial charge in [0.2, 0.25) is 11.8 Å². The average Bonchev–Trinajstić information content (AvgIpc) is 3.11. The van der Waals surface area contributed by atoms with Gasteiger partial charge in [0, 0.05) is 32.0 Å². The lowest BCUT2D eigenvalue weighted by Crippen LogP contribution is -2.35. The highest BCUT2D eigenvalue weighted by Gasteiger charge is 2.21. The quantitative estimate of drug-likeness (QED) is 0.612. The first kappa shape index (κ1) is 21.8. The van der Waals surface area contributed by atoms with Crippen LogP contribution in [0.5, 0.6) is 0 Å². The zero-order chi connectivity index (χ0) is 21.3. The number of nitrogens with one attached hydrogen (secondary N) is 1. The van der Waals surface area contributed by atoms with Gasteiger partial charge in [-0.05, 0) is 25.0 Å². The van der Waals surface area contributed by atoms with Gasteiger partial charge in [0.1, 0.15) is 12.4 Å². The van der Waals surface area contributed by atoms with Crippen LogP contribution in [0.15, 0.2) is 49.6 Å². The van der Waals surface area contributed by atoms with Crippen LogP contribution >= 0.6 is 0 Å². The van der Waals surface area contributed by atoms with Gasteiger partial charge in [-0.25, -0.2) is 4.98 Å². The summed E-state index contributed by atoms with van der Waals surface area (Å²) in [4.78, 5) is 31.8. The molecule has 1 N–H and O–H groups in total. The van der Waals surface area contributed by atoms with Crippen molar-refractivity contribution in [2.75, 3.05) is 19.6 Å². The number of carbonyl (C=O) groups excluding carboxylic acids is 2. The molecule has 2 amide bonds. The van der Waals surface area contributed by atoms with Gasteiger partial charge in [0.25, 0.3) is 0 Å². The van der Waals surface area contributed by atoms with Crippen molar-refractivity contribution in [2.45, 2.75) is 45.1 Å². The van der Waals surface area contributed by atoms with Gasteiger partial charge in [-0.3, -0.25) is 9.59 Å². The molecule has 6 nitrogen and oxygen atoms in total. The van der Waals surface area contributed by atoms with E-state index in [4.69, 9.17) is 4.98 Å². The third-order valence-electron chi connectivity index (χ3n) is 5.70. The maximum Gasteiger partial charge on any atom is 0.243 e. The standard InChI is InChI=1S/C24H32N4O2/c1-3-16-27(17-4-2)23(29)18-28-21-13-9-8-12-20(21)26-22(28)14-15-25-24(30)19-10-6-5-7-11-19/h3-4,8-9,12-13,19H,1-2,5-7,10-11,14-18H2,(H,25,30). The summed E-state index contributed by atoms with van der Waals surface area (Å²) in [6.07, 6.45) is 9.51. The highest BCUT2D eigenvalue weighted by molar-refractivity contribution is 5.81. The molecule has 1 heterocycles. The van der Waals surface area contributed by atoms with Crippen LogP contribution in [0.25, 0.3) is 11.0 Å². The topological polar surface area (TPSA) is 67.2 Å². The SMILES string of the molecule is C=CCN(CC=C)C(=O)Cn1c(CCNC(=O)C2CCCCC2)nc2ccccc21. The van der Waals surface area contributed by atoms with Crippen molar-refractivity contribution in [3.63, 3.8) is 0 Å². The fraction of sp³-hybridized carbons (Fsp3) is 0.458. The molecule has 0 radical (unpaired) electrons. The number of hydrogen-bond acceptors (Lipinski definition) is 3. The number of carbonyl (C=O) groups is 2. The summed E-state index contributed by atoms with van der Waals surface area (Å²) < 4.78 is 1.96. The van der Waals surface area contributed by atoms with Crippen LogP contribution in [0.2, 0.25) is 0 Å². The van der Waals surface area contributed by atoms with Crippen LogP contribution in [-0.4, -0.2) is 45.9 Å². The predicted octanol–water partition coefficient (Wildman–Crippen LogP) is 3.48. The highest BCUT2D eigenvalue weighted by atomic mass is 16.2. The maximum absolute atomic E-state index is 12.9. The minimum absolute atomic E-state index is 0.00885. The monoisotopic (exact) mass is 408 g/mol. The third kappa shape index (κ3) is 5.38. The molecule has 6 heteroatoms. The summed E-state index contributed by atoms with van der Waals surface area (Å²) >= 11 is 0. The summed E-state index contributed by atoms with van der Waals surface area (Å²) in [7, 11) is 0. The molecule has 0 unspecified atom stereocenters. The van der Waals surface area contributed by atoms with E-state index in [0.29, 0.717) is 26.1 Å². The Morgan fingerprint density at radius 3 is 2.53 bits per heavy atom. The van der Waals surface area contributed by atoms with Crippen LogP contribution < -0.4 is 5.32 Å². The molecule has 2 aromatic rings. The summed E-state index contributed by atoms with van der Waals surface area (Å²) in [5, 5.41) is 3.07. The van der Waals surface area contributed by atoms with Crippen molar-refractivity contribution >= 4 is 22.8 Å². The summed E-state index contributed by atoms with van der Waals surface area (Å²) in [6.45, 7) is 9.15. The lowest BCUT2D eigenvalue weighted by atomic mass is 9.89. The first-order chi connectivity index (χ1) is 14.6. The Hall–Kier alpha value is -2.89. The molecule has 1 fully saturated rings. The Bertz CT molecular complexity index is 886. The van der Waals surface area contributed by atoms with Gasteiger partial charge < -0.3 is 14.8 Å². The number of fused-ring (bicyclic) bond motifs is 1. The van der Waals surface area contributed by atoms with Gasteiger partial charge in [-0.2, -0.15) is 0 Å². The van der Waals surface area contributed by atoms with E-state index in [1.54, 1.807) is 17.1 Å². The number of benzene rings is 1. The largest absolute Gasteiger partial charge is 0.355 e. The number of imidazole rings is 1. The predicted molar refractivity (Wildman–Crippen MR) is 120 cm³/mol. The van der Waals surface area contributed by atoms with E-state index in [9.17, 15) is 9.59 Å². The fourth-order valence-corrected chi connectivity index (χ4v) is 4.12. The second kappa shape index (κ2) is 10.8. The lowest BCUT2D eigenvalue weighted by molar-refractivity contribution is -0.130. The number of nitrogens with zero attached hydrogens (tertiary/aromatic N) is 3. The molecule has 1 aliphatic carbocycles. The zero-order valence-corrected chi connectivity index (χ0v) is 17.7. The van der Waals surface area contributed by atoms with Crippen LogP contribution in [0, 0.1) is 5.92 Å². The molecule has 3 rings (SSSR count). The van der Waals surface area contributed by atoms with E-state index >= 15 is 0 Å². The third-order valence-corrected chi connectivity index (χ3v) is 5.70. The minimum atomic E-state index is -0.00885. The van der Waals surface area contributed by atoms with Crippen molar-refractivity contribution in [1.29, 1.82) is 0 Å². The molecule has 1 aromatic carbocycles. The molecule has 0 aliphatic heterocycles. The van der Waals surface area contributed by atoms with E-state index in [0.717, 1.165) is 42.5 Å². The Labute approximate surface area is 178 Å². The van der Waals surface area contributed by atoms with Crippen LogP contribution in [0.4, 0.5) is 0 Å². The van der Waals surface area contributed by atoms with Gasteiger partial charge in [-0.15, -0.1) is 13.2 Å². The molecule has 1 aromatic heterocycles. The van der Waals surface area contributed by atoms with E-state index < -0.39 is 0 Å². The zero-order valence-electron chi connectivity index (χ0n) is 17.7. The van der Waals surface area contributed by atoms with Gasteiger partial charge in [0.15, 0.2) is 0 Å². The first-order valence-electron chi connectivity index (χ1n) is 10.9. The van der Waals surface area contributed by atoms with Crippen LogP contribution in [-0.2, 0) is 22.6 Å². The number of amides is 2. The maximum atomic E-state index is 12.9. The summed E-state index contributed by atoms with van der Waals surface area (Å²) in [5.74, 6) is 1.10. The van der Waals surface area contributed by atoms with Crippen molar-refractivity contribution in [2.24, 2.45) is 5.92 Å². The lowest BCUT2D eigenvalue weighted by Gasteiger charge is -2.21. The smallest absolute Gasteiger partial charge is 0.243 e. The molecule has 30 heavy (non-hydrogen) atoms. The second-order valence-electron chi connectivity index (χ2n) is 7.85. The average molecular weight is 409 g/mol. The molecular weight excluding hydrogens is 376 g/mol. The van der Waals surface area contributed by atoms with Gasteiger partial charge in [0.05, 0.1) is 11.0 Å². The highest BCUT2D eigenvalue weighted by Crippen LogP contribution is 2.23. The first-order valence-corrected chi connectivity index (χ1v) is 10.9. The van der Waals surface area contributed by atoms with Crippen molar-refractivity contribution in [3.8, 4) is 0 Å². The second-order valence-corrected chi connectivity index (χ2v) is 7.85. The Morgan fingerprint density at radius 1 is 1.13 bits per heavy atom. The van der Waals surface area contributed by atoms with Crippen molar-refractivity contribution < 1.29 is 9.59 Å². The fourth-order valence-electron chi connectivity index (χ4n) is 4.12. The molecule has 0 spiro atoms. The van der Waals surface area contributed by atoms with E-state index in [2.05, 4.69) is 18.5 Å². The molecule has 1 saturated carbocycles. The number of hydrogen-bond donors (Lipinski definition) is 1. The summed E-state index contributed by atoms with van der Waals surface area (Å²) in [5.41, 5.74) is 1.79. The minimum Gasteiger partial charge on any atom is -0.355 e. The molecule has 0 saturated heterocycles. The van der Waals surface area contributed by atoms with E-state index in [-0.39, 0.29) is 24.3 Å². The van der Waals surface area contributed by atoms with Gasteiger partial charge >= 0.3 is 0 Å². The summed E-state index contributed by atoms with van der Waals surface area (Å²) in [6, 6.07) is 7.82. The van der Waals surface area contributed by atoms with Crippen molar-refractivity contribution in [1.82, 2.24) is 19.8 Å². The Kier molecular flexibility index (Phi) is 7.82. The molecule has 0 atom stereocenters. The number of rotatable bonds is 10. The van der Waals surface area contributed by atoms with E-state index in [1.807, 2.05) is 28.8 Å². The molecule has 0 bridgehead atoms. The van der Waals surface area contributed by atoms with Crippen LogP contribution in [0.3, 0.4) is 0 Å². The Balaban J connectivity index is 1.71. The molecular formula is C24H32N4O2. The number of para-hydroxylation sites is 2. The molecule has 160 valence electrons. The normalized spacial score (nSPS) is 14.4. The van der Waals surface area contributed by atoms with Gasteiger partial charge in [-0.1, -0.05) is 43.5 Å². The van der Waals surface area contributed by atoms with Crippen LogP contribution in [0.1, 0.15) is 37.9 Å². The van der Waals surface area contributed by atoms with E-state index in [1.165, 1.54) is 6.42 Å². The Morgan fingerprint density at radius 2 is 1.83 bits per heavy atom. The molecule has 1 aliphatic rings. The van der Waals surface area contributed by atoms with Crippen molar-refractivity contribution in [3.05, 3.63) is 55.4 Å². The number of aromatic nitrogens is 2.